The summed E-state index contributed by atoms with van der Waals surface area (Å²) in [4.78, 5) is 45.0. The Balaban J connectivity index is 1.38. The van der Waals surface area contributed by atoms with Crippen LogP contribution < -0.4 is 4.90 Å². The number of nitrogens with zero attached hydrogens (tertiary/aromatic N) is 2. The second kappa shape index (κ2) is 5.91. The normalized spacial score (nSPS) is 32.8. The molecular formula is C21H21ClN2O4. The molecule has 2 aliphatic carbocycles. The van der Waals surface area contributed by atoms with Crippen LogP contribution in [-0.4, -0.2) is 29.4 Å². The molecule has 0 spiro atoms. The van der Waals surface area contributed by atoms with Crippen molar-refractivity contribution in [3.63, 3.8) is 0 Å². The van der Waals surface area contributed by atoms with Crippen molar-refractivity contribution in [3.8, 4) is 0 Å². The smallest absolute Gasteiger partial charge is 0.254 e. The fourth-order valence-corrected chi connectivity index (χ4v) is 5.16. The Hall–Kier alpha value is -2.18. The van der Waals surface area contributed by atoms with E-state index < -0.39 is 5.41 Å². The molecule has 2 bridgehead atoms. The number of hydroxylamine groups is 2. The molecule has 7 heteroatoms. The van der Waals surface area contributed by atoms with Crippen molar-refractivity contribution in [2.24, 2.45) is 29.1 Å². The van der Waals surface area contributed by atoms with Crippen molar-refractivity contribution in [3.05, 3.63) is 40.9 Å². The van der Waals surface area contributed by atoms with Gasteiger partial charge < -0.3 is 0 Å². The topological polar surface area (TPSA) is 66.9 Å². The van der Waals surface area contributed by atoms with E-state index in [4.69, 9.17) is 16.4 Å². The molecule has 2 saturated heterocycles. The van der Waals surface area contributed by atoms with Gasteiger partial charge >= 0.3 is 0 Å². The molecule has 6 nitrogen and oxygen atoms in total. The summed E-state index contributed by atoms with van der Waals surface area (Å²) in [6.07, 6.45) is 5.05. The number of benzene rings is 1. The highest BCUT2D eigenvalue weighted by Gasteiger charge is 2.59. The quantitative estimate of drug-likeness (QED) is 0.578. The Morgan fingerprint density at radius 1 is 1.11 bits per heavy atom. The number of hydrogen-bond donors (Lipinski definition) is 0. The van der Waals surface area contributed by atoms with E-state index in [-0.39, 0.29) is 47.9 Å². The van der Waals surface area contributed by atoms with E-state index in [1.54, 1.807) is 18.2 Å². The fraction of sp³-hybridized carbons (Fsp3) is 0.476. The lowest BCUT2D eigenvalue weighted by Crippen LogP contribution is -2.33. The minimum Gasteiger partial charge on any atom is -0.274 e. The summed E-state index contributed by atoms with van der Waals surface area (Å²) in [5, 5.41) is 1.72. The van der Waals surface area contributed by atoms with Crippen LogP contribution in [-0.2, 0) is 25.8 Å². The van der Waals surface area contributed by atoms with Gasteiger partial charge in [-0.3, -0.25) is 19.2 Å². The zero-order chi connectivity index (χ0) is 19.8. The van der Waals surface area contributed by atoms with E-state index >= 15 is 0 Å². The number of hydrogen-bond acceptors (Lipinski definition) is 4. The van der Waals surface area contributed by atoms with Gasteiger partial charge in [0, 0.05) is 5.02 Å². The Bertz CT molecular complexity index is 910. The Labute approximate surface area is 168 Å². The fourth-order valence-electron chi connectivity index (χ4n) is 4.93. The summed E-state index contributed by atoms with van der Waals surface area (Å²) in [6, 6.07) is 5.11. The van der Waals surface area contributed by atoms with Gasteiger partial charge in [0.1, 0.15) is 0 Å². The predicted molar refractivity (Wildman–Crippen MR) is 102 cm³/mol. The van der Waals surface area contributed by atoms with Crippen LogP contribution in [0.3, 0.4) is 0 Å². The van der Waals surface area contributed by atoms with Crippen molar-refractivity contribution in [1.29, 1.82) is 0 Å². The first-order valence-electron chi connectivity index (χ1n) is 9.57. The Kier molecular flexibility index (Phi) is 3.77. The summed E-state index contributed by atoms with van der Waals surface area (Å²) in [7, 11) is 0. The maximum Gasteiger partial charge on any atom is 0.254 e. The summed E-state index contributed by atoms with van der Waals surface area (Å²) < 4.78 is 0. The van der Waals surface area contributed by atoms with E-state index in [2.05, 4.69) is 12.2 Å². The molecule has 146 valence electrons. The van der Waals surface area contributed by atoms with E-state index in [1.807, 2.05) is 13.8 Å². The molecule has 0 aromatic heterocycles. The van der Waals surface area contributed by atoms with Crippen LogP contribution in [0.1, 0.15) is 25.8 Å². The van der Waals surface area contributed by atoms with Crippen molar-refractivity contribution < 1.29 is 19.2 Å². The second-order valence-corrected chi connectivity index (χ2v) is 9.19. The van der Waals surface area contributed by atoms with Crippen molar-refractivity contribution in [2.75, 3.05) is 11.5 Å². The van der Waals surface area contributed by atoms with Gasteiger partial charge in [0.05, 0.1) is 36.1 Å². The van der Waals surface area contributed by atoms with Gasteiger partial charge in [-0.05, 0) is 49.8 Å². The van der Waals surface area contributed by atoms with Gasteiger partial charge in [-0.25, -0.2) is 9.96 Å². The SMILES string of the molecule is CC1(C)CON(Cc2ccc(N3C(=O)[C@@H]4C5C=CC(C5)[C@@H]4C3=O)cc2Cl)C1=O. The van der Waals surface area contributed by atoms with E-state index in [1.165, 1.54) is 9.96 Å². The minimum atomic E-state index is -0.550. The number of carbonyl (C=O) groups excluding carboxylic acids is 3. The molecule has 2 aliphatic heterocycles. The number of imide groups is 1. The first kappa shape index (κ1) is 17.9. The lowest BCUT2D eigenvalue weighted by atomic mass is 9.85. The van der Waals surface area contributed by atoms with E-state index in [0.29, 0.717) is 22.9 Å². The summed E-state index contributed by atoms with van der Waals surface area (Å²) in [5.41, 5.74) is 0.649. The van der Waals surface area contributed by atoms with Crippen LogP contribution in [0.2, 0.25) is 5.02 Å². The molecule has 1 aromatic carbocycles. The van der Waals surface area contributed by atoms with E-state index in [9.17, 15) is 14.4 Å². The van der Waals surface area contributed by atoms with Crippen LogP contribution >= 0.6 is 11.6 Å². The van der Waals surface area contributed by atoms with Crippen LogP contribution in [0.5, 0.6) is 0 Å². The molecule has 5 rings (SSSR count). The maximum absolute atomic E-state index is 12.9. The lowest BCUT2D eigenvalue weighted by Gasteiger charge is -2.20. The monoisotopic (exact) mass is 400 g/mol. The zero-order valence-electron chi connectivity index (χ0n) is 15.7. The first-order valence-corrected chi connectivity index (χ1v) is 9.95. The van der Waals surface area contributed by atoms with Crippen LogP contribution in [0.15, 0.2) is 30.4 Å². The van der Waals surface area contributed by atoms with Gasteiger partial charge in [-0.15, -0.1) is 0 Å². The number of carbonyl (C=O) groups is 3. The van der Waals surface area contributed by atoms with Gasteiger partial charge in [0.25, 0.3) is 5.91 Å². The third-order valence-electron chi connectivity index (χ3n) is 6.47. The molecule has 1 aromatic rings. The molecule has 2 heterocycles. The summed E-state index contributed by atoms with van der Waals surface area (Å²) in [6.45, 7) is 4.23. The van der Waals surface area contributed by atoms with Gasteiger partial charge in [-0.2, -0.15) is 0 Å². The van der Waals surface area contributed by atoms with Crippen LogP contribution in [0.25, 0.3) is 0 Å². The predicted octanol–water partition coefficient (Wildman–Crippen LogP) is 2.95. The molecule has 0 radical (unpaired) electrons. The third kappa shape index (κ3) is 2.40. The van der Waals surface area contributed by atoms with Gasteiger partial charge in [0.15, 0.2) is 0 Å². The maximum atomic E-state index is 12.9. The van der Waals surface area contributed by atoms with Gasteiger partial charge in [-0.1, -0.05) is 29.8 Å². The first-order chi connectivity index (χ1) is 13.3. The third-order valence-corrected chi connectivity index (χ3v) is 6.82. The largest absolute Gasteiger partial charge is 0.274 e. The Morgan fingerprint density at radius 3 is 2.29 bits per heavy atom. The van der Waals surface area contributed by atoms with Crippen LogP contribution in [0, 0.1) is 29.1 Å². The number of anilines is 1. The average molecular weight is 401 g/mol. The molecule has 2 unspecified atom stereocenters. The standard InChI is InChI=1S/C21H21ClN2O4/c1-21(2)10-28-23(20(21)27)9-13-5-6-14(8-15(13)22)24-18(25)16-11-3-4-12(7-11)17(16)19(24)26/h3-6,8,11-12,16-17H,7,9-10H2,1-2H3/t11?,12?,16-,17+. The van der Waals surface area contributed by atoms with E-state index in [0.717, 1.165) is 6.42 Å². The molecule has 0 N–H and O–H groups in total. The highest BCUT2D eigenvalue weighted by atomic mass is 35.5. The highest BCUT2D eigenvalue weighted by Crippen LogP contribution is 2.53. The van der Waals surface area contributed by atoms with Crippen molar-refractivity contribution in [2.45, 2.75) is 26.8 Å². The Morgan fingerprint density at radius 2 is 1.75 bits per heavy atom. The summed E-state index contributed by atoms with van der Waals surface area (Å²) >= 11 is 6.44. The lowest BCUT2D eigenvalue weighted by molar-refractivity contribution is -0.165. The number of amides is 3. The number of rotatable bonds is 3. The minimum absolute atomic E-state index is 0.0895. The molecule has 4 atom stereocenters. The zero-order valence-corrected chi connectivity index (χ0v) is 16.5. The van der Waals surface area contributed by atoms with Crippen molar-refractivity contribution >= 4 is 35.0 Å². The molecule has 3 amide bonds. The molecular weight excluding hydrogens is 380 g/mol. The summed E-state index contributed by atoms with van der Waals surface area (Å²) in [5.74, 6) is -0.474. The molecule has 1 saturated carbocycles. The van der Waals surface area contributed by atoms with Gasteiger partial charge in [0.2, 0.25) is 11.8 Å². The van der Waals surface area contributed by atoms with Crippen molar-refractivity contribution in [1.82, 2.24) is 5.06 Å². The second-order valence-electron chi connectivity index (χ2n) is 8.79. The average Bonchev–Trinajstić information content (AvgIpc) is 3.37. The number of halogens is 1. The number of fused-ring (bicyclic) bond motifs is 5. The van der Waals surface area contributed by atoms with Crippen LogP contribution in [0.4, 0.5) is 5.69 Å². The number of allylic oxidation sites excluding steroid dienone is 2. The molecule has 4 aliphatic rings. The highest BCUT2D eigenvalue weighted by molar-refractivity contribution is 6.32. The molecule has 28 heavy (non-hydrogen) atoms. The molecule has 3 fully saturated rings.